The molecular weight excluding hydrogens is 362 g/mol. The molecule has 3 nitrogen and oxygen atoms in total. The molecule has 1 amide bonds. The van der Waals surface area contributed by atoms with Crippen LogP contribution in [0.25, 0.3) is 0 Å². The fourth-order valence-electron chi connectivity index (χ4n) is 2.36. The van der Waals surface area contributed by atoms with E-state index in [9.17, 15) is 9.90 Å². The van der Waals surface area contributed by atoms with E-state index in [2.05, 4.69) is 38.8 Å². The Kier molecular flexibility index (Phi) is 4.45. The summed E-state index contributed by atoms with van der Waals surface area (Å²) in [6.07, 6.45) is 0.950. The average molecular weight is 377 g/mol. The van der Waals surface area contributed by atoms with Crippen LogP contribution in [-0.4, -0.2) is 35.1 Å². The number of hydrogen-bond acceptors (Lipinski definition) is 2. The molecule has 1 aromatic rings. The molecular formula is C13H15Br2NO2. The zero-order valence-corrected chi connectivity index (χ0v) is 13.2. The van der Waals surface area contributed by atoms with Crippen molar-refractivity contribution in [2.45, 2.75) is 19.4 Å². The molecule has 0 aliphatic carbocycles. The standard InChI is InChI=1S/C13H15Br2NO2/c1-8-4-5-16(12(8)7-17)13(18)10-3-2-9(14)6-11(10)15/h2-3,6,8,12,17H,4-5,7H2,1H3. The normalized spacial score (nSPS) is 23.4. The summed E-state index contributed by atoms with van der Waals surface area (Å²) >= 11 is 6.78. The van der Waals surface area contributed by atoms with Crippen LogP contribution >= 0.6 is 31.9 Å². The van der Waals surface area contributed by atoms with Crippen molar-refractivity contribution in [2.75, 3.05) is 13.2 Å². The monoisotopic (exact) mass is 375 g/mol. The van der Waals surface area contributed by atoms with Crippen molar-refractivity contribution < 1.29 is 9.90 Å². The summed E-state index contributed by atoms with van der Waals surface area (Å²) in [6.45, 7) is 2.82. The van der Waals surface area contributed by atoms with Crippen LogP contribution in [0.3, 0.4) is 0 Å². The summed E-state index contributed by atoms with van der Waals surface area (Å²) in [6, 6.07) is 5.45. The number of carbonyl (C=O) groups excluding carboxylic acids is 1. The Labute approximate surface area is 123 Å². The van der Waals surface area contributed by atoms with E-state index in [-0.39, 0.29) is 18.6 Å². The highest BCUT2D eigenvalue weighted by Gasteiger charge is 2.34. The van der Waals surface area contributed by atoms with Crippen LogP contribution in [0.15, 0.2) is 27.1 Å². The molecule has 2 atom stereocenters. The Hall–Kier alpha value is -0.390. The minimum atomic E-state index is -0.0620. The van der Waals surface area contributed by atoms with Crippen molar-refractivity contribution in [2.24, 2.45) is 5.92 Å². The number of rotatable bonds is 2. The Morgan fingerprint density at radius 3 is 2.83 bits per heavy atom. The highest BCUT2D eigenvalue weighted by atomic mass is 79.9. The van der Waals surface area contributed by atoms with E-state index in [0.29, 0.717) is 18.0 Å². The molecule has 0 aromatic heterocycles. The van der Waals surface area contributed by atoms with Gasteiger partial charge in [0.2, 0.25) is 0 Å². The molecule has 1 saturated heterocycles. The Morgan fingerprint density at radius 2 is 2.22 bits per heavy atom. The fraction of sp³-hybridized carbons (Fsp3) is 0.462. The minimum Gasteiger partial charge on any atom is -0.394 e. The van der Waals surface area contributed by atoms with Crippen LogP contribution in [0.5, 0.6) is 0 Å². The van der Waals surface area contributed by atoms with Gasteiger partial charge in [-0.3, -0.25) is 4.79 Å². The smallest absolute Gasteiger partial charge is 0.255 e. The summed E-state index contributed by atoms with van der Waals surface area (Å²) in [5.41, 5.74) is 0.644. The summed E-state index contributed by atoms with van der Waals surface area (Å²) in [4.78, 5) is 14.2. The summed E-state index contributed by atoms with van der Waals surface area (Å²) < 4.78 is 1.71. The average Bonchev–Trinajstić information content (AvgIpc) is 2.69. The molecule has 1 N–H and O–H groups in total. The van der Waals surface area contributed by atoms with Crippen molar-refractivity contribution in [3.8, 4) is 0 Å². The number of nitrogens with zero attached hydrogens (tertiary/aromatic N) is 1. The SMILES string of the molecule is CC1CCN(C(=O)c2ccc(Br)cc2Br)C1CO. The van der Waals surface area contributed by atoms with Gasteiger partial charge in [0.1, 0.15) is 0 Å². The van der Waals surface area contributed by atoms with Gasteiger partial charge in [-0.25, -0.2) is 0 Å². The van der Waals surface area contributed by atoms with Crippen molar-refractivity contribution in [1.82, 2.24) is 4.90 Å². The third-order valence-corrected chi connectivity index (χ3v) is 4.64. The molecule has 1 heterocycles. The van der Waals surface area contributed by atoms with Gasteiger partial charge in [-0.15, -0.1) is 0 Å². The molecule has 2 rings (SSSR count). The lowest BCUT2D eigenvalue weighted by atomic mass is 10.0. The molecule has 5 heteroatoms. The van der Waals surface area contributed by atoms with Crippen LogP contribution in [0, 0.1) is 5.92 Å². The third kappa shape index (κ3) is 2.63. The van der Waals surface area contributed by atoms with Gasteiger partial charge in [0.15, 0.2) is 0 Å². The molecule has 1 fully saturated rings. The highest BCUT2D eigenvalue weighted by Crippen LogP contribution is 2.28. The first kappa shape index (κ1) is 14.0. The Morgan fingerprint density at radius 1 is 1.50 bits per heavy atom. The highest BCUT2D eigenvalue weighted by molar-refractivity contribution is 9.11. The molecule has 1 aliphatic heterocycles. The second-order valence-electron chi connectivity index (χ2n) is 4.64. The zero-order valence-electron chi connectivity index (χ0n) is 10.1. The van der Waals surface area contributed by atoms with Crippen LogP contribution in [0.1, 0.15) is 23.7 Å². The number of aliphatic hydroxyl groups excluding tert-OH is 1. The van der Waals surface area contributed by atoms with Crippen molar-refractivity contribution in [1.29, 1.82) is 0 Å². The van der Waals surface area contributed by atoms with Gasteiger partial charge in [0.25, 0.3) is 5.91 Å². The number of halogens is 2. The zero-order chi connectivity index (χ0) is 13.3. The molecule has 2 unspecified atom stereocenters. The van der Waals surface area contributed by atoms with Gasteiger partial charge in [-0.1, -0.05) is 22.9 Å². The quantitative estimate of drug-likeness (QED) is 0.861. The van der Waals surface area contributed by atoms with Gasteiger partial charge in [-0.2, -0.15) is 0 Å². The van der Waals surface area contributed by atoms with Gasteiger partial charge in [-0.05, 0) is 46.5 Å². The molecule has 98 valence electrons. The number of aliphatic hydroxyl groups is 1. The van der Waals surface area contributed by atoms with Crippen LogP contribution in [0.4, 0.5) is 0 Å². The van der Waals surface area contributed by atoms with E-state index in [4.69, 9.17) is 0 Å². The van der Waals surface area contributed by atoms with Crippen LogP contribution < -0.4 is 0 Å². The molecule has 0 saturated carbocycles. The molecule has 1 aromatic carbocycles. The second kappa shape index (κ2) is 5.72. The van der Waals surface area contributed by atoms with E-state index < -0.39 is 0 Å². The second-order valence-corrected chi connectivity index (χ2v) is 6.41. The van der Waals surface area contributed by atoms with E-state index >= 15 is 0 Å². The van der Waals surface area contributed by atoms with Gasteiger partial charge >= 0.3 is 0 Å². The molecule has 0 bridgehead atoms. The molecule has 0 spiro atoms. The molecule has 18 heavy (non-hydrogen) atoms. The lowest BCUT2D eigenvalue weighted by molar-refractivity contribution is 0.0647. The number of benzene rings is 1. The van der Waals surface area contributed by atoms with E-state index in [1.807, 2.05) is 12.1 Å². The summed E-state index contributed by atoms with van der Waals surface area (Å²) in [7, 11) is 0. The largest absolute Gasteiger partial charge is 0.394 e. The maximum atomic E-state index is 12.5. The number of carbonyl (C=O) groups is 1. The first-order valence-electron chi connectivity index (χ1n) is 5.91. The topological polar surface area (TPSA) is 40.5 Å². The Balaban J connectivity index is 2.26. The summed E-state index contributed by atoms with van der Waals surface area (Å²) in [5, 5.41) is 9.40. The predicted octanol–water partition coefficient (Wildman–Crippen LogP) is 3.05. The van der Waals surface area contributed by atoms with Gasteiger partial charge < -0.3 is 10.0 Å². The number of likely N-dealkylation sites (tertiary alicyclic amines) is 1. The number of hydrogen-bond donors (Lipinski definition) is 1. The summed E-state index contributed by atoms with van der Waals surface area (Å²) in [5.74, 6) is 0.339. The van der Waals surface area contributed by atoms with E-state index in [0.717, 1.165) is 15.4 Å². The van der Waals surface area contributed by atoms with Crippen molar-refractivity contribution >= 4 is 37.8 Å². The number of amides is 1. The van der Waals surface area contributed by atoms with E-state index in [1.54, 1.807) is 11.0 Å². The predicted molar refractivity (Wildman–Crippen MR) is 77.5 cm³/mol. The van der Waals surface area contributed by atoms with E-state index in [1.165, 1.54) is 0 Å². The van der Waals surface area contributed by atoms with Gasteiger partial charge in [0, 0.05) is 15.5 Å². The van der Waals surface area contributed by atoms with Crippen molar-refractivity contribution in [3.63, 3.8) is 0 Å². The maximum absolute atomic E-state index is 12.5. The van der Waals surface area contributed by atoms with Crippen LogP contribution in [0.2, 0.25) is 0 Å². The van der Waals surface area contributed by atoms with Gasteiger partial charge in [0.05, 0.1) is 18.2 Å². The lowest BCUT2D eigenvalue weighted by Gasteiger charge is -2.25. The minimum absolute atomic E-state index is 0.0159. The maximum Gasteiger partial charge on any atom is 0.255 e. The fourth-order valence-corrected chi connectivity index (χ4v) is 3.57. The van der Waals surface area contributed by atoms with Crippen LogP contribution in [-0.2, 0) is 0 Å². The Bertz CT molecular complexity index is 464. The van der Waals surface area contributed by atoms with Crippen molar-refractivity contribution in [3.05, 3.63) is 32.7 Å². The first-order chi connectivity index (χ1) is 8.54. The molecule has 1 aliphatic rings. The third-order valence-electron chi connectivity index (χ3n) is 3.49. The first-order valence-corrected chi connectivity index (χ1v) is 7.50. The lowest BCUT2D eigenvalue weighted by Crippen LogP contribution is -2.39. The molecule has 0 radical (unpaired) electrons.